The van der Waals surface area contributed by atoms with Crippen LogP contribution in [0.1, 0.15) is 31.2 Å². The van der Waals surface area contributed by atoms with Gasteiger partial charge in [-0.05, 0) is 49.9 Å². The van der Waals surface area contributed by atoms with Gasteiger partial charge in [-0.15, -0.1) is 0 Å². The number of nitrogens with zero attached hydrogens (tertiary/aromatic N) is 1. The summed E-state index contributed by atoms with van der Waals surface area (Å²) in [7, 11) is 0. The van der Waals surface area contributed by atoms with Crippen molar-refractivity contribution in [3.05, 3.63) is 34.9 Å². The Labute approximate surface area is 125 Å². The van der Waals surface area contributed by atoms with Crippen LogP contribution in [0.3, 0.4) is 0 Å². The lowest BCUT2D eigenvalue weighted by atomic mass is 10.1. The molecule has 2 fully saturated rings. The second kappa shape index (κ2) is 6.15. The van der Waals surface area contributed by atoms with Crippen LogP contribution in [0.5, 0.6) is 0 Å². The molecule has 0 aromatic heterocycles. The fraction of sp³-hybridized carbons (Fsp3) is 0.562. The smallest absolute Gasteiger partial charge is 0.227 e. The molecule has 108 valence electrons. The third-order valence-electron chi connectivity index (χ3n) is 4.16. The van der Waals surface area contributed by atoms with E-state index in [-0.39, 0.29) is 5.91 Å². The maximum Gasteiger partial charge on any atom is 0.227 e. The maximum absolute atomic E-state index is 12.5. The highest BCUT2D eigenvalue weighted by Gasteiger charge is 2.34. The standard InChI is InChI=1S/C16H21ClN2O/c17-13-5-3-12(4-6-13)10-16(20)19(15-7-8-15)11-14-2-1-9-18-14/h3-6,14-15,18H,1-2,7-11H2. The molecule has 20 heavy (non-hydrogen) atoms. The van der Waals surface area contributed by atoms with Gasteiger partial charge in [0.1, 0.15) is 0 Å². The molecule has 1 aliphatic heterocycles. The summed E-state index contributed by atoms with van der Waals surface area (Å²) in [6.45, 7) is 1.96. The average Bonchev–Trinajstić information content (AvgIpc) is 3.15. The molecule has 1 unspecified atom stereocenters. The monoisotopic (exact) mass is 292 g/mol. The third kappa shape index (κ3) is 3.53. The van der Waals surface area contributed by atoms with Crippen LogP contribution in [-0.4, -0.2) is 36.0 Å². The first-order valence-electron chi connectivity index (χ1n) is 7.49. The summed E-state index contributed by atoms with van der Waals surface area (Å²) in [5.74, 6) is 0.253. The van der Waals surface area contributed by atoms with Gasteiger partial charge in [-0.3, -0.25) is 4.79 Å². The van der Waals surface area contributed by atoms with E-state index in [1.165, 1.54) is 25.7 Å². The van der Waals surface area contributed by atoms with E-state index in [1.54, 1.807) is 0 Å². The van der Waals surface area contributed by atoms with Crippen molar-refractivity contribution in [2.45, 2.75) is 44.2 Å². The summed E-state index contributed by atoms with van der Waals surface area (Å²) in [5, 5.41) is 4.20. The molecule has 1 atom stereocenters. The molecule has 1 heterocycles. The third-order valence-corrected chi connectivity index (χ3v) is 4.41. The number of amides is 1. The van der Waals surface area contributed by atoms with Crippen LogP contribution in [0, 0.1) is 0 Å². The molecular weight excluding hydrogens is 272 g/mol. The molecule has 1 aromatic carbocycles. The van der Waals surface area contributed by atoms with Crippen LogP contribution < -0.4 is 5.32 Å². The average molecular weight is 293 g/mol. The maximum atomic E-state index is 12.5. The Morgan fingerprint density at radius 3 is 2.60 bits per heavy atom. The molecule has 1 aromatic rings. The first-order chi connectivity index (χ1) is 9.72. The van der Waals surface area contributed by atoms with E-state index in [1.807, 2.05) is 24.3 Å². The van der Waals surface area contributed by atoms with Crippen molar-refractivity contribution in [2.24, 2.45) is 0 Å². The molecule has 4 heteroatoms. The van der Waals surface area contributed by atoms with Crippen molar-refractivity contribution in [2.75, 3.05) is 13.1 Å². The number of nitrogens with one attached hydrogen (secondary N) is 1. The Bertz CT molecular complexity index is 464. The van der Waals surface area contributed by atoms with Gasteiger partial charge in [0.15, 0.2) is 0 Å². The van der Waals surface area contributed by atoms with Crippen molar-refractivity contribution in [1.29, 1.82) is 0 Å². The van der Waals surface area contributed by atoms with Crippen LogP contribution in [0.15, 0.2) is 24.3 Å². The summed E-state index contributed by atoms with van der Waals surface area (Å²) in [5.41, 5.74) is 1.05. The number of hydrogen-bond acceptors (Lipinski definition) is 2. The van der Waals surface area contributed by atoms with Gasteiger partial charge in [-0.25, -0.2) is 0 Å². The minimum absolute atomic E-state index is 0.253. The lowest BCUT2D eigenvalue weighted by molar-refractivity contribution is -0.131. The van der Waals surface area contributed by atoms with Crippen molar-refractivity contribution in [1.82, 2.24) is 10.2 Å². The minimum Gasteiger partial charge on any atom is -0.338 e. The topological polar surface area (TPSA) is 32.3 Å². The molecule has 1 amide bonds. The van der Waals surface area contributed by atoms with Crippen LogP contribution in [0.2, 0.25) is 5.02 Å². The van der Waals surface area contributed by atoms with E-state index in [9.17, 15) is 4.79 Å². The SMILES string of the molecule is O=C(Cc1ccc(Cl)cc1)N(CC1CCCN1)C1CC1. The van der Waals surface area contributed by atoms with Gasteiger partial charge < -0.3 is 10.2 Å². The Hall–Kier alpha value is -1.06. The minimum atomic E-state index is 0.253. The zero-order chi connectivity index (χ0) is 13.9. The first kappa shape index (κ1) is 13.9. The van der Waals surface area contributed by atoms with Gasteiger partial charge in [0.25, 0.3) is 0 Å². The zero-order valence-electron chi connectivity index (χ0n) is 11.6. The van der Waals surface area contributed by atoms with Gasteiger partial charge in [0, 0.05) is 23.7 Å². The highest BCUT2D eigenvalue weighted by atomic mass is 35.5. The summed E-state index contributed by atoms with van der Waals surface area (Å²) >= 11 is 5.88. The Kier molecular flexibility index (Phi) is 4.27. The first-order valence-corrected chi connectivity index (χ1v) is 7.87. The van der Waals surface area contributed by atoms with E-state index in [2.05, 4.69) is 10.2 Å². The predicted octanol–water partition coefficient (Wildman–Crippen LogP) is 2.63. The molecule has 1 saturated heterocycles. The fourth-order valence-corrected chi connectivity index (χ4v) is 3.00. The van der Waals surface area contributed by atoms with Crippen molar-refractivity contribution in [3.63, 3.8) is 0 Å². The zero-order valence-corrected chi connectivity index (χ0v) is 12.4. The molecule has 0 bridgehead atoms. The van der Waals surface area contributed by atoms with Gasteiger partial charge in [0.2, 0.25) is 5.91 Å². The van der Waals surface area contributed by atoms with Crippen LogP contribution in [-0.2, 0) is 11.2 Å². The fourth-order valence-electron chi connectivity index (χ4n) is 2.87. The number of hydrogen-bond donors (Lipinski definition) is 1. The van der Waals surface area contributed by atoms with Gasteiger partial charge in [-0.2, -0.15) is 0 Å². The van der Waals surface area contributed by atoms with Gasteiger partial charge in [0.05, 0.1) is 6.42 Å². The second-order valence-electron chi connectivity index (χ2n) is 5.87. The van der Waals surface area contributed by atoms with Crippen LogP contribution >= 0.6 is 11.6 Å². The van der Waals surface area contributed by atoms with Gasteiger partial charge in [-0.1, -0.05) is 23.7 Å². The quantitative estimate of drug-likeness (QED) is 0.905. The number of carbonyl (C=O) groups is 1. The van der Waals surface area contributed by atoms with E-state index in [0.29, 0.717) is 18.5 Å². The number of benzene rings is 1. The molecular formula is C16H21ClN2O. The molecule has 1 saturated carbocycles. The highest BCUT2D eigenvalue weighted by molar-refractivity contribution is 6.30. The lowest BCUT2D eigenvalue weighted by Crippen LogP contribution is -2.43. The van der Waals surface area contributed by atoms with Gasteiger partial charge >= 0.3 is 0 Å². The molecule has 1 N–H and O–H groups in total. The molecule has 1 aliphatic carbocycles. The van der Waals surface area contributed by atoms with Crippen LogP contribution in [0.25, 0.3) is 0 Å². The van der Waals surface area contributed by atoms with E-state index < -0.39 is 0 Å². The summed E-state index contributed by atoms with van der Waals surface area (Å²) in [6, 6.07) is 8.56. The number of halogens is 1. The van der Waals surface area contributed by atoms with E-state index in [4.69, 9.17) is 11.6 Å². The highest BCUT2D eigenvalue weighted by Crippen LogP contribution is 2.28. The van der Waals surface area contributed by atoms with Crippen molar-refractivity contribution in [3.8, 4) is 0 Å². The second-order valence-corrected chi connectivity index (χ2v) is 6.31. The summed E-state index contributed by atoms with van der Waals surface area (Å²) in [4.78, 5) is 14.6. The number of carbonyl (C=O) groups excluding carboxylic acids is 1. The molecule has 0 radical (unpaired) electrons. The lowest BCUT2D eigenvalue weighted by Gasteiger charge is -2.26. The predicted molar refractivity (Wildman–Crippen MR) is 80.9 cm³/mol. The molecule has 2 aliphatic rings. The Morgan fingerprint density at radius 1 is 1.25 bits per heavy atom. The van der Waals surface area contributed by atoms with Crippen LogP contribution in [0.4, 0.5) is 0 Å². The Morgan fingerprint density at radius 2 is 2.00 bits per heavy atom. The Balaban J connectivity index is 1.61. The molecule has 0 spiro atoms. The van der Waals surface area contributed by atoms with Crippen molar-refractivity contribution >= 4 is 17.5 Å². The van der Waals surface area contributed by atoms with Crippen molar-refractivity contribution < 1.29 is 4.79 Å². The molecule has 3 nitrogen and oxygen atoms in total. The summed E-state index contributed by atoms with van der Waals surface area (Å²) < 4.78 is 0. The van der Waals surface area contributed by atoms with E-state index >= 15 is 0 Å². The van der Waals surface area contributed by atoms with E-state index in [0.717, 1.165) is 23.7 Å². The largest absolute Gasteiger partial charge is 0.338 e. The molecule has 3 rings (SSSR count). The normalized spacial score (nSPS) is 21.9. The number of rotatable bonds is 5. The summed E-state index contributed by atoms with van der Waals surface area (Å²) in [6.07, 6.45) is 5.24.